The minimum absolute atomic E-state index is 0.00159. The molecule has 2 aromatic rings. The number of halogens is 1. The Kier molecular flexibility index (Phi) is 6.33. The first-order valence-corrected chi connectivity index (χ1v) is 10.1. The highest BCUT2D eigenvalue weighted by atomic mass is 79.9. The van der Waals surface area contributed by atoms with Gasteiger partial charge in [0.05, 0.1) is 23.6 Å². The number of hydrogen-bond acceptors (Lipinski definition) is 7. The van der Waals surface area contributed by atoms with Crippen molar-refractivity contribution >= 4 is 48.4 Å². The number of nitrogens with two attached hydrogens (primary N) is 1. The summed E-state index contributed by atoms with van der Waals surface area (Å²) in [7, 11) is -3.82. The van der Waals surface area contributed by atoms with Crippen molar-refractivity contribution in [3.05, 3.63) is 39.3 Å². The van der Waals surface area contributed by atoms with Crippen LogP contribution in [0.4, 0.5) is 5.13 Å². The molecule has 0 spiro atoms. The van der Waals surface area contributed by atoms with Crippen LogP contribution in [0.5, 0.6) is 0 Å². The van der Waals surface area contributed by atoms with E-state index < -0.39 is 16.0 Å². The van der Waals surface area contributed by atoms with Crippen molar-refractivity contribution in [2.45, 2.75) is 24.8 Å². The second-order valence-electron chi connectivity index (χ2n) is 4.69. The van der Waals surface area contributed by atoms with E-state index in [0.717, 1.165) is 15.8 Å². The maximum absolute atomic E-state index is 12.5. The number of rotatable bonds is 7. The van der Waals surface area contributed by atoms with Crippen molar-refractivity contribution in [2.24, 2.45) is 5.73 Å². The third kappa shape index (κ3) is 4.76. The molecular formula is C14H16BrN3O4S2. The normalized spacial score (nSPS) is 11.3. The maximum atomic E-state index is 12.5. The Labute approximate surface area is 152 Å². The molecule has 0 amide bonds. The molecule has 10 heteroatoms. The Bertz CT molecular complexity index is 836. The molecule has 2 rings (SSSR count). The molecule has 0 saturated heterocycles. The highest BCUT2D eigenvalue weighted by Gasteiger charge is 2.20. The Morgan fingerprint density at radius 2 is 2.21 bits per heavy atom. The topological polar surface area (TPSA) is 111 Å². The molecule has 0 bridgehead atoms. The van der Waals surface area contributed by atoms with Crippen molar-refractivity contribution in [1.82, 2.24) is 4.98 Å². The number of anilines is 1. The number of nitrogens with zero attached hydrogens (tertiary/aromatic N) is 1. The van der Waals surface area contributed by atoms with E-state index in [2.05, 4.69) is 25.6 Å². The molecule has 0 saturated carbocycles. The van der Waals surface area contributed by atoms with Gasteiger partial charge in [-0.2, -0.15) is 0 Å². The van der Waals surface area contributed by atoms with Crippen LogP contribution < -0.4 is 10.5 Å². The summed E-state index contributed by atoms with van der Waals surface area (Å²) in [5.74, 6) is -0.407. The molecule has 130 valence electrons. The average molecular weight is 434 g/mol. The van der Waals surface area contributed by atoms with Crippen LogP contribution in [0.25, 0.3) is 0 Å². The summed E-state index contributed by atoms with van der Waals surface area (Å²) in [5, 5.41) is 1.79. The summed E-state index contributed by atoms with van der Waals surface area (Å²) >= 11 is 4.38. The number of benzene rings is 1. The van der Waals surface area contributed by atoms with Crippen LogP contribution in [0.3, 0.4) is 0 Å². The van der Waals surface area contributed by atoms with Gasteiger partial charge in [0.15, 0.2) is 5.13 Å². The zero-order valence-corrected chi connectivity index (χ0v) is 16.0. The van der Waals surface area contributed by atoms with Gasteiger partial charge in [-0.05, 0) is 30.7 Å². The monoisotopic (exact) mass is 433 g/mol. The van der Waals surface area contributed by atoms with Gasteiger partial charge in [-0.25, -0.2) is 13.4 Å². The number of ether oxygens (including phenoxy) is 1. The van der Waals surface area contributed by atoms with E-state index in [1.165, 1.54) is 6.07 Å². The summed E-state index contributed by atoms with van der Waals surface area (Å²) in [5.41, 5.74) is 6.56. The highest BCUT2D eigenvalue weighted by molar-refractivity contribution is 9.10. The number of aromatic nitrogens is 1. The third-order valence-corrected chi connectivity index (χ3v) is 5.80. The third-order valence-electron chi connectivity index (χ3n) is 2.94. The van der Waals surface area contributed by atoms with Gasteiger partial charge in [0.25, 0.3) is 10.0 Å². The molecule has 1 aromatic carbocycles. The van der Waals surface area contributed by atoms with Crippen molar-refractivity contribution in [2.75, 3.05) is 11.3 Å². The second kappa shape index (κ2) is 8.06. The number of thiazole rings is 1. The van der Waals surface area contributed by atoms with Crippen molar-refractivity contribution in [1.29, 1.82) is 0 Å². The first kappa shape index (κ1) is 18.8. The molecule has 1 heterocycles. The summed E-state index contributed by atoms with van der Waals surface area (Å²) in [6.07, 6.45) is -0.00159. The molecule has 0 radical (unpaired) electrons. The number of nitrogens with one attached hydrogen (secondary N) is 1. The standard InChI is InChI=1S/C14H16BrN3O4S2/c1-2-22-13(19)6-11-8-23-14(17-11)18-24(20,21)12-4-3-10(15)5-9(12)7-16/h3-5,8H,2,6-7,16H2,1H3,(H,17,18). The van der Waals surface area contributed by atoms with Crippen LogP contribution in [0.1, 0.15) is 18.2 Å². The fourth-order valence-corrected chi connectivity index (χ4v) is 4.54. The fourth-order valence-electron chi connectivity index (χ4n) is 1.93. The molecule has 0 atom stereocenters. The quantitative estimate of drug-likeness (QED) is 0.647. The Balaban J connectivity index is 2.18. The maximum Gasteiger partial charge on any atom is 0.311 e. The minimum atomic E-state index is -3.82. The van der Waals surface area contributed by atoms with Gasteiger partial charge in [-0.15, -0.1) is 11.3 Å². The smallest absolute Gasteiger partial charge is 0.311 e. The van der Waals surface area contributed by atoms with E-state index in [9.17, 15) is 13.2 Å². The van der Waals surface area contributed by atoms with Gasteiger partial charge in [-0.3, -0.25) is 9.52 Å². The summed E-state index contributed by atoms with van der Waals surface area (Å²) in [6, 6.07) is 4.76. The van der Waals surface area contributed by atoms with E-state index in [-0.39, 0.29) is 29.6 Å². The first-order chi connectivity index (χ1) is 11.4. The van der Waals surface area contributed by atoms with Gasteiger partial charge in [0.1, 0.15) is 0 Å². The highest BCUT2D eigenvalue weighted by Crippen LogP contribution is 2.24. The molecule has 3 N–H and O–H groups in total. The molecule has 0 unspecified atom stereocenters. The largest absolute Gasteiger partial charge is 0.466 e. The molecule has 0 aliphatic carbocycles. The zero-order chi connectivity index (χ0) is 17.7. The lowest BCUT2D eigenvalue weighted by molar-refractivity contribution is -0.142. The van der Waals surface area contributed by atoms with E-state index >= 15 is 0 Å². The predicted molar refractivity (Wildman–Crippen MR) is 95.3 cm³/mol. The number of esters is 1. The number of sulfonamides is 1. The SMILES string of the molecule is CCOC(=O)Cc1csc(NS(=O)(=O)c2ccc(Br)cc2CN)n1. The van der Waals surface area contributed by atoms with Gasteiger partial charge in [0.2, 0.25) is 0 Å². The summed E-state index contributed by atoms with van der Waals surface area (Å²) in [6.45, 7) is 2.08. The molecular weight excluding hydrogens is 418 g/mol. The van der Waals surface area contributed by atoms with Gasteiger partial charge in [0, 0.05) is 16.4 Å². The van der Waals surface area contributed by atoms with Gasteiger partial charge < -0.3 is 10.5 Å². The lowest BCUT2D eigenvalue weighted by Gasteiger charge is -2.10. The lowest BCUT2D eigenvalue weighted by Crippen LogP contribution is -2.16. The van der Waals surface area contributed by atoms with Crippen molar-refractivity contribution < 1.29 is 17.9 Å². The van der Waals surface area contributed by atoms with Crippen LogP contribution in [0.15, 0.2) is 32.9 Å². The second-order valence-corrected chi connectivity index (χ2v) is 8.11. The minimum Gasteiger partial charge on any atom is -0.466 e. The summed E-state index contributed by atoms with van der Waals surface area (Å²) in [4.78, 5) is 15.6. The fraction of sp³-hybridized carbons (Fsp3) is 0.286. The summed E-state index contributed by atoms with van der Waals surface area (Å²) < 4.78 is 33.0. The van der Waals surface area contributed by atoms with Crippen LogP contribution in [-0.2, 0) is 32.5 Å². The lowest BCUT2D eigenvalue weighted by atomic mass is 10.2. The number of carbonyl (C=O) groups excluding carboxylic acids is 1. The molecule has 7 nitrogen and oxygen atoms in total. The van der Waals surface area contributed by atoms with Crippen LogP contribution in [0.2, 0.25) is 0 Å². The molecule has 0 aliphatic heterocycles. The van der Waals surface area contributed by atoms with Crippen molar-refractivity contribution in [3.63, 3.8) is 0 Å². The van der Waals surface area contributed by atoms with E-state index in [4.69, 9.17) is 10.5 Å². The van der Waals surface area contributed by atoms with Crippen LogP contribution >= 0.6 is 27.3 Å². The van der Waals surface area contributed by atoms with Gasteiger partial charge >= 0.3 is 5.97 Å². The van der Waals surface area contributed by atoms with Gasteiger partial charge in [-0.1, -0.05) is 15.9 Å². The molecule has 24 heavy (non-hydrogen) atoms. The van der Waals surface area contributed by atoms with Crippen LogP contribution in [-0.4, -0.2) is 26.0 Å². The van der Waals surface area contributed by atoms with Crippen molar-refractivity contribution in [3.8, 4) is 0 Å². The van der Waals surface area contributed by atoms with E-state index in [0.29, 0.717) is 11.3 Å². The molecule has 0 aliphatic rings. The molecule has 0 fully saturated rings. The predicted octanol–water partition coefficient (Wildman–Crippen LogP) is 2.27. The Hall–Kier alpha value is -1.49. The average Bonchev–Trinajstić information content (AvgIpc) is 2.93. The zero-order valence-electron chi connectivity index (χ0n) is 12.8. The Morgan fingerprint density at radius 1 is 1.46 bits per heavy atom. The van der Waals surface area contributed by atoms with Crippen LogP contribution in [0, 0.1) is 0 Å². The first-order valence-electron chi connectivity index (χ1n) is 6.97. The Morgan fingerprint density at radius 3 is 2.88 bits per heavy atom. The molecule has 1 aromatic heterocycles. The van der Waals surface area contributed by atoms with E-state index in [1.54, 1.807) is 24.4 Å². The van der Waals surface area contributed by atoms with E-state index in [1.807, 2.05) is 0 Å². The number of carbonyl (C=O) groups is 1. The number of hydrogen-bond donors (Lipinski definition) is 2.